The Bertz CT molecular complexity index is 240. The molecule has 0 aliphatic carbocycles. The van der Waals surface area contributed by atoms with Crippen LogP contribution in [0.15, 0.2) is 0 Å². The molecule has 1 aliphatic heterocycles. The summed E-state index contributed by atoms with van der Waals surface area (Å²) >= 11 is 0. The van der Waals surface area contributed by atoms with Crippen molar-refractivity contribution >= 4 is 5.78 Å². The second-order valence-corrected chi connectivity index (χ2v) is 5.46. The predicted molar refractivity (Wildman–Crippen MR) is 72.7 cm³/mol. The fraction of sp³-hybridized carbons (Fsp3) is 0.933. The molecule has 1 fully saturated rings. The summed E-state index contributed by atoms with van der Waals surface area (Å²) in [4.78, 5) is 11.7. The molecule has 0 bridgehead atoms. The van der Waals surface area contributed by atoms with Crippen molar-refractivity contribution in [2.75, 3.05) is 7.11 Å². The molecule has 0 saturated carbocycles. The van der Waals surface area contributed by atoms with Gasteiger partial charge >= 0.3 is 0 Å². The highest BCUT2D eigenvalue weighted by Gasteiger charge is 2.28. The smallest absolute Gasteiger partial charge is 0.138 e. The van der Waals surface area contributed by atoms with Crippen molar-refractivity contribution in [1.29, 1.82) is 0 Å². The van der Waals surface area contributed by atoms with Gasteiger partial charge in [0.05, 0.1) is 18.3 Å². The largest absolute Gasteiger partial charge is 0.382 e. The molecule has 0 radical (unpaired) electrons. The summed E-state index contributed by atoms with van der Waals surface area (Å²) in [5.74, 6) is 0.357. The predicted octanol–water partition coefficient (Wildman–Crippen LogP) is 3.50. The van der Waals surface area contributed by atoms with Crippen LogP contribution >= 0.6 is 0 Å². The van der Waals surface area contributed by atoms with Crippen molar-refractivity contribution in [1.82, 2.24) is 0 Å². The van der Waals surface area contributed by atoms with Crippen molar-refractivity contribution in [3.05, 3.63) is 0 Å². The van der Waals surface area contributed by atoms with E-state index in [1.54, 1.807) is 7.11 Å². The first-order chi connectivity index (χ1) is 8.65. The molecule has 1 saturated heterocycles. The van der Waals surface area contributed by atoms with Gasteiger partial charge in [0.15, 0.2) is 0 Å². The highest BCUT2D eigenvalue weighted by Crippen LogP contribution is 2.24. The first-order valence-corrected chi connectivity index (χ1v) is 7.35. The molecular formula is C15H28O3. The Morgan fingerprint density at radius 2 is 2.00 bits per heavy atom. The molecule has 106 valence electrons. The quantitative estimate of drug-likeness (QED) is 0.624. The van der Waals surface area contributed by atoms with Gasteiger partial charge in [-0.25, -0.2) is 0 Å². The maximum Gasteiger partial charge on any atom is 0.138 e. The third-order valence-electron chi connectivity index (χ3n) is 3.67. The van der Waals surface area contributed by atoms with Gasteiger partial charge in [-0.05, 0) is 19.8 Å². The summed E-state index contributed by atoms with van der Waals surface area (Å²) < 4.78 is 11.3. The summed E-state index contributed by atoms with van der Waals surface area (Å²) in [6, 6.07) is 0. The van der Waals surface area contributed by atoms with Gasteiger partial charge < -0.3 is 9.47 Å². The van der Waals surface area contributed by atoms with E-state index in [0.717, 1.165) is 12.8 Å². The molecule has 0 aromatic rings. The van der Waals surface area contributed by atoms with Crippen molar-refractivity contribution < 1.29 is 14.3 Å². The molecule has 0 aromatic heterocycles. The summed E-state index contributed by atoms with van der Waals surface area (Å²) in [6.07, 6.45) is 8.39. The third-order valence-corrected chi connectivity index (χ3v) is 3.67. The van der Waals surface area contributed by atoms with Crippen LogP contribution in [0.5, 0.6) is 0 Å². The van der Waals surface area contributed by atoms with Crippen LogP contribution in [0.25, 0.3) is 0 Å². The maximum absolute atomic E-state index is 11.7. The Balaban J connectivity index is 2.29. The van der Waals surface area contributed by atoms with Crippen molar-refractivity contribution in [3.63, 3.8) is 0 Å². The Morgan fingerprint density at radius 3 is 2.67 bits per heavy atom. The highest BCUT2D eigenvalue weighted by molar-refractivity contribution is 5.80. The van der Waals surface area contributed by atoms with Crippen LogP contribution in [-0.2, 0) is 14.3 Å². The summed E-state index contributed by atoms with van der Waals surface area (Å²) in [7, 11) is 1.71. The first kappa shape index (κ1) is 15.6. The lowest BCUT2D eigenvalue weighted by atomic mass is 9.96. The summed E-state index contributed by atoms with van der Waals surface area (Å²) in [5.41, 5.74) is 0. The second-order valence-electron chi connectivity index (χ2n) is 5.46. The molecule has 3 nitrogen and oxygen atoms in total. The monoisotopic (exact) mass is 256 g/mol. The van der Waals surface area contributed by atoms with E-state index in [4.69, 9.17) is 9.47 Å². The van der Waals surface area contributed by atoms with E-state index in [1.165, 1.54) is 25.7 Å². The van der Waals surface area contributed by atoms with Gasteiger partial charge in [-0.2, -0.15) is 0 Å². The Labute approximate surface area is 111 Å². The SMILES string of the molecule is CCCCCC[C@H]1CC(=O)C[C@@H](C[C@H](C)OC)O1. The zero-order chi connectivity index (χ0) is 13.4. The van der Waals surface area contributed by atoms with Gasteiger partial charge in [0, 0.05) is 20.0 Å². The lowest BCUT2D eigenvalue weighted by Crippen LogP contribution is -2.35. The molecule has 0 aromatic carbocycles. The number of ether oxygens (including phenoxy) is 2. The standard InChI is InChI=1S/C15H28O3/c1-4-5-6-7-8-14-10-13(16)11-15(18-14)9-12(2)17-3/h12,14-15H,4-11H2,1-3H3/t12-,14-,15+/m0/s1. The number of hydrogen-bond donors (Lipinski definition) is 0. The molecule has 0 N–H and O–H groups in total. The molecule has 18 heavy (non-hydrogen) atoms. The zero-order valence-electron chi connectivity index (χ0n) is 12.1. The fourth-order valence-corrected chi connectivity index (χ4v) is 2.53. The number of hydrogen-bond acceptors (Lipinski definition) is 3. The van der Waals surface area contributed by atoms with Crippen LogP contribution in [0.2, 0.25) is 0 Å². The van der Waals surface area contributed by atoms with Crippen LogP contribution in [-0.4, -0.2) is 31.2 Å². The molecule has 0 spiro atoms. The Hall–Kier alpha value is -0.410. The maximum atomic E-state index is 11.7. The normalized spacial score (nSPS) is 26.3. The first-order valence-electron chi connectivity index (χ1n) is 7.35. The molecule has 1 heterocycles. The van der Waals surface area contributed by atoms with Crippen LogP contribution in [0.4, 0.5) is 0 Å². The number of Topliss-reactive ketones (excluding diaryl/α,β-unsaturated/α-hetero) is 1. The third kappa shape index (κ3) is 5.96. The number of carbonyl (C=O) groups is 1. The zero-order valence-corrected chi connectivity index (χ0v) is 12.1. The number of methoxy groups -OCH3 is 1. The number of rotatable bonds is 8. The topological polar surface area (TPSA) is 35.5 Å². The lowest BCUT2D eigenvalue weighted by molar-refractivity contribution is -0.138. The molecule has 3 heteroatoms. The summed E-state index contributed by atoms with van der Waals surface area (Å²) in [6.45, 7) is 4.24. The van der Waals surface area contributed by atoms with E-state index >= 15 is 0 Å². The van der Waals surface area contributed by atoms with Gasteiger partial charge in [0.2, 0.25) is 0 Å². The van der Waals surface area contributed by atoms with E-state index < -0.39 is 0 Å². The van der Waals surface area contributed by atoms with Crippen molar-refractivity contribution in [2.45, 2.75) is 83.5 Å². The van der Waals surface area contributed by atoms with E-state index in [0.29, 0.717) is 18.6 Å². The minimum absolute atomic E-state index is 0.0670. The fourth-order valence-electron chi connectivity index (χ4n) is 2.53. The molecule has 1 aliphatic rings. The van der Waals surface area contributed by atoms with Gasteiger partial charge in [-0.15, -0.1) is 0 Å². The highest BCUT2D eigenvalue weighted by atomic mass is 16.5. The van der Waals surface area contributed by atoms with Crippen molar-refractivity contribution in [3.8, 4) is 0 Å². The van der Waals surface area contributed by atoms with Gasteiger partial charge in [0.25, 0.3) is 0 Å². The van der Waals surface area contributed by atoms with Crippen LogP contribution < -0.4 is 0 Å². The van der Waals surface area contributed by atoms with Gasteiger partial charge in [0.1, 0.15) is 5.78 Å². The molecule has 0 unspecified atom stereocenters. The molecular weight excluding hydrogens is 228 g/mol. The van der Waals surface area contributed by atoms with E-state index in [9.17, 15) is 4.79 Å². The molecule has 0 amide bonds. The number of ketones is 1. The minimum atomic E-state index is 0.0670. The van der Waals surface area contributed by atoms with E-state index in [1.807, 2.05) is 6.92 Å². The molecule has 1 rings (SSSR count). The van der Waals surface area contributed by atoms with Gasteiger partial charge in [-0.1, -0.05) is 32.6 Å². The van der Waals surface area contributed by atoms with E-state index in [-0.39, 0.29) is 18.3 Å². The Kier molecular flexibility index (Phi) is 7.52. The second kappa shape index (κ2) is 8.65. The Morgan fingerprint density at radius 1 is 1.28 bits per heavy atom. The van der Waals surface area contributed by atoms with Crippen molar-refractivity contribution in [2.24, 2.45) is 0 Å². The van der Waals surface area contributed by atoms with E-state index in [2.05, 4.69) is 6.92 Å². The van der Waals surface area contributed by atoms with Crippen LogP contribution in [0.1, 0.15) is 65.2 Å². The molecule has 3 atom stereocenters. The number of unbranched alkanes of at least 4 members (excludes halogenated alkanes) is 3. The van der Waals surface area contributed by atoms with Crippen LogP contribution in [0.3, 0.4) is 0 Å². The van der Waals surface area contributed by atoms with Gasteiger partial charge in [-0.3, -0.25) is 4.79 Å². The van der Waals surface area contributed by atoms with Crippen LogP contribution in [0, 0.1) is 0 Å². The average Bonchev–Trinajstić information content (AvgIpc) is 2.34. The minimum Gasteiger partial charge on any atom is -0.382 e. The number of carbonyl (C=O) groups excluding carboxylic acids is 1. The summed E-state index contributed by atoms with van der Waals surface area (Å²) in [5, 5.41) is 0. The lowest BCUT2D eigenvalue weighted by Gasteiger charge is -2.30. The average molecular weight is 256 g/mol.